The van der Waals surface area contributed by atoms with Gasteiger partial charge >= 0.3 is 0 Å². The third-order valence-electron chi connectivity index (χ3n) is 8.18. The van der Waals surface area contributed by atoms with Crippen molar-refractivity contribution >= 4 is 11.5 Å². The van der Waals surface area contributed by atoms with Crippen LogP contribution in [0.3, 0.4) is 0 Å². The number of unbranched alkanes of at least 4 members (excludes halogenated alkanes) is 2. The molecule has 1 saturated heterocycles. The first-order chi connectivity index (χ1) is 16.4. The zero-order chi connectivity index (χ0) is 24.3. The van der Waals surface area contributed by atoms with Crippen LogP contribution in [0, 0.1) is 0 Å². The van der Waals surface area contributed by atoms with E-state index in [1.807, 2.05) is 7.05 Å². The van der Waals surface area contributed by atoms with Crippen LogP contribution in [0.4, 0.5) is 5.69 Å². The summed E-state index contributed by atoms with van der Waals surface area (Å²) in [5.74, 6) is 0.212. The van der Waals surface area contributed by atoms with Crippen LogP contribution in [0.15, 0.2) is 36.4 Å². The van der Waals surface area contributed by atoms with Crippen LogP contribution in [-0.2, 0) is 10.2 Å². The zero-order valence-electron chi connectivity index (χ0n) is 21.8. The molecule has 0 bridgehead atoms. The maximum atomic E-state index is 13.9. The van der Waals surface area contributed by atoms with Crippen LogP contribution in [0.25, 0.3) is 11.1 Å². The first-order valence-corrected chi connectivity index (χ1v) is 13.2. The molecule has 0 saturated carbocycles. The van der Waals surface area contributed by atoms with Crippen molar-refractivity contribution in [2.45, 2.75) is 77.2 Å². The summed E-state index contributed by atoms with van der Waals surface area (Å²) in [5.41, 5.74) is 6.89. The maximum absolute atomic E-state index is 13.9. The van der Waals surface area contributed by atoms with E-state index in [1.165, 1.54) is 47.9 Å². The van der Waals surface area contributed by atoms with Gasteiger partial charge in [-0.05, 0) is 67.1 Å². The summed E-state index contributed by atoms with van der Waals surface area (Å²) in [6.07, 6.45) is 6.97. The van der Waals surface area contributed by atoms with E-state index in [0.717, 1.165) is 37.2 Å². The predicted octanol–water partition coefficient (Wildman–Crippen LogP) is 6.67. The molecule has 0 amide bonds. The summed E-state index contributed by atoms with van der Waals surface area (Å²) >= 11 is 0. The fourth-order valence-electron chi connectivity index (χ4n) is 6.03. The maximum Gasteiger partial charge on any atom is 0.182 e. The molecule has 0 radical (unpaired) electrons. The fraction of sp³-hybridized carbons (Fsp3) is 0.567. The van der Waals surface area contributed by atoms with E-state index in [9.17, 15) is 4.79 Å². The van der Waals surface area contributed by atoms with Gasteiger partial charge in [-0.1, -0.05) is 57.7 Å². The van der Waals surface area contributed by atoms with Crippen molar-refractivity contribution in [2.24, 2.45) is 0 Å². The van der Waals surface area contributed by atoms with E-state index >= 15 is 0 Å². The first kappa shape index (κ1) is 24.9. The molecule has 0 spiro atoms. The van der Waals surface area contributed by atoms with Crippen molar-refractivity contribution in [3.05, 3.63) is 53.1 Å². The summed E-state index contributed by atoms with van der Waals surface area (Å²) in [7, 11) is 1.99. The number of hydrogen-bond donors (Lipinski definition) is 1. The predicted molar refractivity (Wildman–Crippen MR) is 142 cm³/mol. The lowest BCUT2D eigenvalue weighted by molar-refractivity contribution is -0.00430. The molecule has 2 aromatic rings. The molecule has 1 aliphatic carbocycles. The molecular formula is C30H42N2O2. The number of anilines is 1. The minimum absolute atomic E-state index is 0.0249. The minimum atomic E-state index is -0.543. The Hall–Kier alpha value is -2.17. The molecule has 4 nitrogen and oxygen atoms in total. The second-order valence-electron chi connectivity index (χ2n) is 10.5. The summed E-state index contributed by atoms with van der Waals surface area (Å²) in [4.78, 5) is 16.2. The lowest BCUT2D eigenvalue weighted by atomic mass is 9.70. The van der Waals surface area contributed by atoms with Gasteiger partial charge in [-0.3, -0.25) is 9.69 Å². The van der Waals surface area contributed by atoms with Crippen molar-refractivity contribution in [2.75, 3.05) is 38.7 Å². The zero-order valence-corrected chi connectivity index (χ0v) is 21.8. The number of carbonyl (C=O) groups excluding carboxylic acids is 1. The molecule has 1 aliphatic heterocycles. The summed E-state index contributed by atoms with van der Waals surface area (Å²) in [5, 5.41) is 3.35. The largest absolute Gasteiger partial charge is 0.388 e. The summed E-state index contributed by atoms with van der Waals surface area (Å²) in [6.45, 7) is 11.7. The van der Waals surface area contributed by atoms with Gasteiger partial charge in [0, 0.05) is 36.8 Å². The van der Waals surface area contributed by atoms with Crippen molar-refractivity contribution in [3.63, 3.8) is 0 Å². The molecule has 0 aromatic heterocycles. The van der Waals surface area contributed by atoms with Gasteiger partial charge in [0.1, 0.15) is 0 Å². The molecule has 4 heteroatoms. The Kier molecular flexibility index (Phi) is 7.49. The number of nitrogens with one attached hydrogen (secondary N) is 1. The van der Waals surface area contributed by atoms with E-state index in [0.29, 0.717) is 13.2 Å². The number of ether oxygens (including phenoxy) is 1. The standard InChI is InChI=1S/C30H42N2O2/c1-6-8-14-30(15-9-7-2)26-20-22(28(33)29(3,4)32-16-18-34-19-17-32)10-12-24(26)25-13-11-23(31-5)21-27(25)30/h10-13,20-21,31H,6-9,14-19H2,1-5H3. The molecule has 0 unspecified atom stereocenters. The highest BCUT2D eigenvalue weighted by Crippen LogP contribution is 2.55. The number of ketones is 1. The Labute approximate surface area is 206 Å². The molecule has 0 atom stereocenters. The number of fused-ring (bicyclic) bond motifs is 3. The number of carbonyl (C=O) groups is 1. The van der Waals surface area contributed by atoms with Crippen LogP contribution in [0.2, 0.25) is 0 Å². The SMILES string of the molecule is CCCCC1(CCCC)c2cc(NC)ccc2-c2ccc(C(=O)C(C)(C)N3CCOCC3)cc21. The lowest BCUT2D eigenvalue weighted by Crippen LogP contribution is -2.54. The van der Waals surface area contributed by atoms with Gasteiger partial charge in [0.2, 0.25) is 0 Å². The Morgan fingerprint density at radius 1 is 0.971 bits per heavy atom. The van der Waals surface area contributed by atoms with E-state index in [1.54, 1.807) is 0 Å². The van der Waals surface area contributed by atoms with E-state index in [2.05, 4.69) is 74.3 Å². The second kappa shape index (κ2) is 10.2. The molecule has 34 heavy (non-hydrogen) atoms. The van der Waals surface area contributed by atoms with E-state index in [-0.39, 0.29) is 11.2 Å². The van der Waals surface area contributed by atoms with Gasteiger partial charge < -0.3 is 10.1 Å². The normalized spacial score (nSPS) is 17.3. The van der Waals surface area contributed by atoms with Gasteiger partial charge in [-0.2, -0.15) is 0 Å². The van der Waals surface area contributed by atoms with E-state index < -0.39 is 5.54 Å². The highest BCUT2D eigenvalue weighted by Gasteiger charge is 2.43. The lowest BCUT2D eigenvalue weighted by Gasteiger charge is -2.39. The third kappa shape index (κ3) is 4.31. The average molecular weight is 463 g/mol. The molecule has 184 valence electrons. The topological polar surface area (TPSA) is 41.6 Å². The third-order valence-corrected chi connectivity index (χ3v) is 8.18. The molecule has 2 aliphatic rings. The van der Waals surface area contributed by atoms with Gasteiger partial charge in [-0.25, -0.2) is 0 Å². The van der Waals surface area contributed by atoms with Crippen LogP contribution in [-0.4, -0.2) is 49.6 Å². The van der Waals surface area contributed by atoms with Crippen LogP contribution < -0.4 is 5.32 Å². The average Bonchev–Trinajstić information content (AvgIpc) is 3.14. The highest BCUT2D eigenvalue weighted by atomic mass is 16.5. The quantitative estimate of drug-likeness (QED) is 0.400. The number of morpholine rings is 1. The summed E-state index contributed by atoms with van der Waals surface area (Å²) in [6, 6.07) is 13.4. The van der Waals surface area contributed by atoms with Crippen molar-refractivity contribution in [3.8, 4) is 11.1 Å². The van der Waals surface area contributed by atoms with Crippen molar-refractivity contribution in [1.82, 2.24) is 4.90 Å². The number of Topliss-reactive ketones (excluding diaryl/α,β-unsaturated/α-hetero) is 1. The number of nitrogens with zero attached hydrogens (tertiary/aromatic N) is 1. The van der Waals surface area contributed by atoms with Gasteiger partial charge in [0.15, 0.2) is 5.78 Å². The van der Waals surface area contributed by atoms with Gasteiger partial charge in [0.25, 0.3) is 0 Å². The Morgan fingerprint density at radius 2 is 1.56 bits per heavy atom. The Bertz CT molecular complexity index is 1010. The Balaban J connectivity index is 1.81. The second-order valence-corrected chi connectivity index (χ2v) is 10.5. The van der Waals surface area contributed by atoms with Crippen LogP contribution >= 0.6 is 0 Å². The number of benzene rings is 2. The summed E-state index contributed by atoms with van der Waals surface area (Å²) < 4.78 is 5.54. The molecule has 1 heterocycles. The van der Waals surface area contributed by atoms with E-state index in [4.69, 9.17) is 4.74 Å². The van der Waals surface area contributed by atoms with Gasteiger partial charge in [-0.15, -0.1) is 0 Å². The van der Waals surface area contributed by atoms with Crippen LogP contribution in [0.5, 0.6) is 0 Å². The van der Waals surface area contributed by atoms with Crippen LogP contribution in [0.1, 0.15) is 87.7 Å². The minimum Gasteiger partial charge on any atom is -0.388 e. The number of hydrogen-bond acceptors (Lipinski definition) is 4. The fourth-order valence-corrected chi connectivity index (χ4v) is 6.03. The smallest absolute Gasteiger partial charge is 0.182 e. The molecule has 1 fully saturated rings. The number of rotatable bonds is 10. The van der Waals surface area contributed by atoms with Crippen molar-refractivity contribution < 1.29 is 9.53 Å². The monoisotopic (exact) mass is 462 g/mol. The molecule has 1 N–H and O–H groups in total. The molecule has 4 rings (SSSR count). The van der Waals surface area contributed by atoms with Gasteiger partial charge in [0.05, 0.1) is 18.8 Å². The first-order valence-electron chi connectivity index (χ1n) is 13.2. The Morgan fingerprint density at radius 3 is 2.15 bits per heavy atom. The highest BCUT2D eigenvalue weighted by molar-refractivity contribution is 6.03. The molecule has 2 aromatic carbocycles. The molecular weight excluding hydrogens is 420 g/mol. The van der Waals surface area contributed by atoms with Crippen molar-refractivity contribution in [1.29, 1.82) is 0 Å².